The number of ether oxygens (including phenoxy) is 1. The van der Waals surface area contributed by atoms with Crippen LogP contribution in [0.4, 0.5) is 5.82 Å². The first kappa shape index (κ1) is 8.43. The maximum atomic E-state index is 5.43. The van der Waals surface area contributed by atoms with Crippen molar-refractivity contribution in [3.8, 4) is 11.6 Å². The van der Waals surface area contributed by atoms with Crippen molar-refractivity contribution in [2.24, 2.45) is 0 Å². The second-order valence-electron chi connectivity index (χ2n) is 2.58. The lowest BCUT2D eigenvalue weighted by Crippen LogP contribution is -1.92. The first-order valence-corrected chi connectivity index (χ1v) is 4.02. The quantitative estimate of drug-likeness (QED) is 0.767. The predicted molar refractivity (Wildman–Crippen MR) is 50.8 cm³/mol. The van der Waals surface area contributed by atoms with Gasteiger partial charge in [0.15, 0.2) is 0 Å². The molecule has 5 nitrogen and oxygen atoms in total. The van der Waals surface area contributed by atoms with Crippen molar-refractivity contribution < 1.29 is 4.74 Å². The Morgan fingerprint density at radius 2 is 2.14 bits per heavy atom. The summed E-state index contributed by atoms with van der Waals surface area (Å²) in [5, 5.41) is 7.44. The molecule has 0 amide bonds. The molecular formula is C9H8N4O. The van der Waals surface area contributed by atoms with E-state index >= 15 is 0 Å². The fourth-order valence-corrected chi connectivity index (χ4v) is 0.915. The fourth-order valence-electron chi connectivity index (χ4n) is 0.915. The molecule has 0 saturated carbocycles. The number of nitrogens with two attached hydrogens (primary N) is 1. The summed E-state index contributed by atoms with van der Waals surface area (Å²) in [4.78, 5) is 3.88. The van der Waals surface area contributed by atoms with Crippen molar-refractivity contribution in [2.75, 3.05) is 5.73 Å². The van der Waals surface area contributed by atoms with Gasteiger partial charge < -0.3 is 10.5 Å². The van der Waals surface area contributed by atoms with Crippen LogP contribution in [0, 0.1) is 0 Å². The van der Waals surface area contributed by atoms with Gasteiger partial charge in [-0.05, 0) is 18.2 Å². The van der Waals surface area contributed by atoms with E-state index in [0.717, 1.165) is 0 Å². The Morgan fingerprint density at radius 1 is 1.21 bits per heavy atom. The maximum Gasteiger partial charge on any atom is 0.238 e. The smallest absolute Gasteiger partial charge is 0.238 e. The normalized spacial score (nSPS) is 9.71. The Labute approximate surface area is 80.6 Å². The lowest BCUT2D eigenvalue weighted by Gasteiger charge is -2.02. The highest BCUT2D eigenvalue weighted by Crippen LogP contribution is 2.17. The molecule has 2 rings (SSSR count). The van der Waals surface area contributed by atoms with Gasteiger partial charge in [0.25, 0.3) is 0 Å². The standard InChI is InChI=1S/C9H8N4O/c10-8-4-3-7(6-11-8)14-9-2-1-5-12-13-9/h1-6H,(H2,10,11). The van der Waals surface area contributed by atoms with Crippen LogP contribution < -0.4 is 10.5 Å². The van der Waals surface area contributed by atoms with E-state index in [9.17, 15) is 0 Å². The average Bonchev–Trinajstić information content (AvgIpc) is 2.23. The van der Waals surface area contributed by atoms with Gasteiger partial charge in [-0.25, -0.2) is 4.98 Å². The molecule has 0 unspecified atom stereocenters. The SMILES string of the molecule is Nc1ccc(Oc2cccnn2)cn1. The zero-order valence-corrected chi connectivity index (χ0v) is 7.29. The molecule has 0 bridgehead atoms. The highest BCUT2D eigenvalue weighted by atomic mass is 16.5. The lowest BCUT2D eigenvalue weighted by atomic mass is 10.4. The summed E-state index contributed by atoms with van der Waals surface area (Å²) in [7, 11) is 0. The third-order valence-corrected chi connectivity index (χ3v) is 1.53. The van der Waals surface area contributed by atoms with E-state index in [1.807, 2.05) is 0 Å². The molecule has 70 valence electrons. The molecule has 2 heterocycles. The number of aromatic nitrogens is 3. The minimum atomic E-state index is 0.430. The molecule has 0 saturated heterocycles. The second-order valence-corrected chi connectivity index (χ2v) is 2.58. The predicted octanol–water partition coefficient (Wildman–Crippen LogP) is 1.25. The number of hydrogen-bond donors (Lipinski definition) is 1. The molecule has 0 radical (unpaired) electrons. The number of rotatable bonds is 2. The van der Waals surface area contributed by atoms with Gasteiger partial charge in [0, 0.05) is 12.3 Å². The molecule has 2 aromatic rings. The van der Waals surface area contributed by atoms with Crippen LogP contribution in [0.1, 0.15) is 0 Å². The highest BCUT2D eigenvalue weighted by Gasteiger charge is 1.97. The maximum absolute atomic E-state index is 5.43. The first-order chi connectivity index (χ1) is 6.84. The minimum Gasteiger partial charge on any atom is -0.436 e. The molecule has 0 aliphatic heterocycles. The Morgan fingerprint density at radius 3 is 2.79 bits per heavy atom. The van der Waals surface area contributed by atoms with Gasteiger partial charge in [-0.1, -0.05) is 0 Å². The van der Waals surface area contributed by atoms with E-state index in [1.165, 1.54) is 6.20 Å². The molecule has 14 heavy (non-hydrogen) atoms. The summed E-state index contributed by atoms with van der Waals surface area (Å²) in [6, 6.07) is 6.83. The fraction of sp³-hybridized carbons (Fsp3) is 0. The molecular weight excluding hydrogens is 180 g/mol. The van der Waals surface area contributed by atoms with Crippen molar-refractivity contribution in [2.45, 2.75) is 0 Å². The monoisotopic (exact) mass is 188 g/mol. The molecule has 0 aliphatic rings. The van der Waals surface area contributed by atoms with Gasteiger partial charge in [-0.15, -0.1) is 5.10 Å². The van der Waals surface area contributed by atoms with Crippen LogP contribution in [0.25, 0.3) is 0 Å². The lowest BCUT2D eigenvalue weighted by molar-refractivity contribution is 0.453. The van der Waals surface area contributed by atoms with Crippen molar-refractivity contribution in [1.29, 1.82) is 0 Å². The number of pyridine rings is 1. The number of hydrogen-bond acceptors (Lipinski definition) is 5. The van der Waals surface area contributed by atoms with Crippen molar-refractivity contribution in [1.82, 2.24) is 15.2 Å². The van der Waals surface area contributed by atoms with Gasteiger partial charge >= 0.3 is 0 Å². The Hall–Kier alpha value is -2.17. The van der Waals surface area contributed by atoms with Crippen molar-refractivity contribution in [3.63, 3.8) is 0 Å². The largest absolute Gasteiger partial charge is 0.436 e. The molecule has 5 heteroatoms. The summed E-state index contributed by atoms with van der Waals surface area (Å²) in [5.74, 6) is 1.47. The molecule has 0 aliphatic carbocycles. The van der Waals surface area contributed by atoms with Crippen molar-refractivity contribution >= 4 is 5.82 Å². The van der Waals surface area contributed by atoms with Crippen LogP contribution in [0.3, 0.4) is 0 Å². The highest BCUT2D eigenvalue weighted by molar-refractivity contribution is 5.33. The molecule has 2 aromatic heterocycles. The van der Waals surface area contributed by atoms with Crippen LogP contribution in [-0.2, 0) is 0 Å². The van der Waals surface area contributed by atoms with Crippen LogP contribution in [0.2, 0.25) is 0 Å². The topological polar surface area (TPSA) is 73.9 Å². The number of nitrogen functional groups attached to an aromatic ring is 1. The van der Waals surface area contributed by atoms with Gasteiger partial charge in [0.2, 0.25) is 5.88 Å². The third-order valence-electron chi connectivity index (χ3n) is 1.53. The molecule has 0 fully saturated rings. The van der Waals surface area contributed by atoms with E-state index in [1.54, 1.807) is 30.5 Å². The second kappa shape index (κ2) is 3.69. The summed E-state index contributed by atoms with van der Waals surface area (Å²) < 4.78 is 5.34. The van der Waals surface area contributed by atoms with Crippen LogP contribution in [-0.4, -0.2) is 15.2 Å². The third kappa shape index (κ3) is 1.95. The molecule has 0 aromatic carbocycles. The van der Waals surface area contributed by atoms with E-state index in [-0.39, 0.29) is 0 Å². The van der Waals surface area contributed by atoms with E-state index in [4.69, 9.17) is 10.5 Å². The summed E-state index contributed by atoms with van der Waals surface area (Å²) in [5.41, 5.74) is 5.43. The van der Waals surface area contributed by atoms with Crippen molar-refractivity contribution in [3.05, 3.63) is 36.7 Å². The van der Waals surface area contributed by atoms with E-state index < -0.39 is 0 Å². The van der Waals surface area contributed by atoms with Gasteiger partial charge in [0.05, 0.1) is 6.20 Å². The first-order valence-electron chi connectivity index (χ1n) is 4.02. The molecule has 0 atom stereocenters. The summed E-state index contributed by atoms with van der Waals surface area (Å²) in [6.45, 7) is 0. The molecule has 2 N–H and O–H groups in total. The molecule has 0 spiro atoms. The van der Waals surface area contributed by atoms with Gasteiger partial charge in [-0.2, -0.15) is 5.10 Å². The average molecular weight is 188 g/mol. The zero-order chi connectivity index (χ0) is 9.80. The minimum absolute atomic E-state index is 0.430. The van der Waals surface area contributed by atoms with Crippen LogP contribution in [0.15, 0.2) is 36.7 Å². The Bertz CT molecular complexity index is 401. The van der Waals surface area contributed by atoms with E-state index in [0.29, 0.717) is 17.4 Å². The Kier molecular flexibility index (Phi) is 2.22. The summed E-state index contributed by atoms with van der Waals surface area (Å²) in [6.07, 6.45) is 3.11. The van der Waals surface area contributed by atoms with Crippen LogP contribution >= 0.6 is 0 Å². The Balaban J connectivity index is 2.16. The van der Waals surface area contributed by atoms with E-state index in [2.05, 4.69) is 15.2 Å². The number of anilines is 1. The zero-order valence-electron chi connectivity index (χ0n) is 7.29. The van der Waals surface area contributed by atoms with Gasteiger partial charge in [0.1, 0.15) is 11.6 Å². The van der Waals surface area contributed by atoms with Gasteiger partial charge in [-0.3, -0.25) is 0 Å². The number of nitrogens with zero attached hydrogens (tertiary/aromatic N) is 3. The van der Waals surface area contributed by atoms with Crippen LogP contribution in [0.5, 0.6) is 11.6 Å². The summed E-state index contributed by atoms with van der Waals surface area (Å²) >= 11 is 0.